The average Bonchev–Trinajstić information content (AvgIpc) is 2.89. The summed E-state index contributed by atoms with van der Waals surface area (Å²) in [6.07, 6.45) is 5.44. The molecule has 3 atom stereocenters. The summed E-state index contributed by atoms with van der Waals surface area (Å²) < 4.78 is 5.80. The number of nitrogens with zero attached hydrogens (tertiary/aromatic N) is 1. The third-order valence-electron chi connectivity index (χ3n) is 5.45. The van der Waals surface area contributed by atoms with Gasteiger partial charge in [0.1, 0.15) is 0 Å². The lowest BCUT2D eigenvalue weighted by Gasteiger charge is -2.51. The van der Waals surface area contributed by atoms with E-state index in [2.05, 4.69) is 44.8 Å². The Morgan fingerprint density at radius 3 is 2.65 bits per heavy atom. The minimum absolute atomic E-state index is 0.306. The third-order valence-corrected chi connectivity index (χ3v) is 5.45. The van der Waals surface area contributed by atoms with Gasteiger partial charge in [0.05, 0.1) is 6.10 Å². The maximum absolute atomic E-state index is 5.80. The van der Waals surface area contributed by atoms with E-state index in [-0.39, 0.29) is 0 Å². The Labute approximate surface area is 125 Å². The molecule has 3 nitrogen and oxygen atoms in total. The fraction of sp³-hybridized carbons (Fsp3) is 1.00. The van der Waals surface area contributed by atoms with E-state index in [9.17, 15) is 0 Å². The maximum Gasteiger partial charge on any atom is 0.0588 e. The van der Waals surface area contributed by atoms with Gasteiger partial charge in [0.2, 0.25) is 0 Å². The molecule has 2 heterocycles. The van der Waals surface area contributed by atoms with Crippen LogP contribution in [0.25, 0.3) is 0 Å². The third kappa shape index (κ3) is 3.75. The van der Waals surface area contributed by atoms with Gasteiger partial charge in [-0.05, 0) is 38.0 Å². The van der Waals surface area contributed by atoms with Crippen molar-refractivity contribution in [3.05, 3.63) is 0 Å². The second-order valence-electron chi connectivity index (χ2n) is 8.02. The van der Waals surface area contributed by atoms with Gasteiger partial charge >= 0.3 is 0 Å². The van der Waals surface area contributed by atoms with Gasteiger partial charge in [-0.25, -0.2) is 0 Å². The van der Waals surface area contributed by atoms with Crippen molar-refractivity contribution in [2.45, 2.75) is 78.0 Å². The number of rotatable bonds is 4. The Balaban J connectivity index is 1.95. The van der Waals surface area contributed by atoms with Crippen LogP contribution in [-0.2, 0) is 4.74 Å². The highest BCUT2D eigenvalue weighted by molar-refractivity contribution is 4.98. The second kappa shape index (κ2) is 6.33. The topological polar surface area (TPSA) is 24.5 Å². The molecule has 118 valence electrons. The molecule has 0 bridgehead atoms. The number of hydrogen-bond acceptors (Lipinski definition) is 3. The van der Waals surface area contributed by atoms with E-state index in [0.717, 1.165) is 13.2 Å². The van der Waals surface area contributed by atoms with Crippen LogP contribution in [0.5, 0.6) is 0 Å². The molecular weight excluding hydrogens is 248 g/mol. The molecule has 0 radical (unpaired) electrons. The summed E-state index contributed by atoms with van der Waals surface area (Å²) in [5, 5.41) is 3.79. The first-order chi connectivity index (χ1) is 9.35. The molecular formula is C17H34N2O. The van der Waals surface area contributed by atoms with E-state index < -0.39 is 0 Å². The van der Waals surface area contributed by atoms with Gasteiger partial charge in [-0.15, -0.1) is 0 Å². The van der Waals surface area contributed by atoms with Gasteiger partial charge < -0.3 is 10.1 Å². The molecule has 0 aromatic rings. The molecule has 2 saturated heterocycles. The van der Waals surface area contributed by atoms with Crippen molar-refractivity contribution in [2.24, 2.45) is 5.41 Å². The first-order valence-electron chi connectivity index (χ1n) is 8.45. The summed E-state index contributed by atoms with van der Waals surface area (Å²) in [4.78, 5) is 2.72. The van der Waals surface area contributed by atoms with E-state index in [1.54, 1.807) is 0 Å². The van der Waals surface area contributed by atoms with Crippen LogP contribution in [0.15, 0.2) is 0 Å². The fourth-order valence-corrected chi connectivity index (χ4v) is 3.42. The summed E-state index contributed by atoms with van der Waals surface area (Å²) in [7, 11) is 0. The summed E-state index contributed by atoms with van der Waals surface area (Å²) in [6.45, 7) is 16.2. The fourth-order valence-electron chi connectivity index (χ4n) is 3.42. The van der Waals surface area contributed by atoms with E-state index in [1.165, 1.54) is 38.8 Å². The molecule has 0 aromatic heterocycles. The summed E-state index contributed by atoms with van der Waals surface area (Å²) in [6, 6.07) is 0.589. The molecule has 2 rings (SSSR count). The highest BCUT2D eigenvalue weighted by Crippen LogP contribution is 2.30. The monoisotopic (exact) mass is 282 g/mol. The number of nitrogens with one attached hydrogen (secondary N) is 1. The summed E-state index contributed by atoms with van der Waals surface area (Å²) in [5.74, 6) is 0. The minimum Gasteiger partial charge on any atom is -0.378 e. The van der Waals surface area contributed by atoms with Crippen LogP contribution in [0.2, 0.25) is 0 Å². The molecule has 0 aliphatic carbocycles. The van der Waals surface area contributed by atoms with Crippen molar-refractivity contribution in [1.82, 2.24) is 10.2 Å². The predicted molar refractivity (Wildman–Crippen MR) is 85.1 cm³/mol. The van der Waals surface area contributed by atoms with Gasteiger partial charge in [0.15, 0.2) is 0 Å². The molecule has 0 aromatic carbocycles. The summed E-state index contributed by atoms with van der Waals surface area (Å²) >= 11 is 0. The Morgan fingerprint density at radius 2 is 2.10 bits per heavy atom. The Kier molecular flexibility index (Phi) is 5.14. The van der Waals surface area contributed by atoms with Gasteiger partial charge in [-0.2, -0.15) is 0 Å². The van der Waals surface area contributed by atoms with Crippen LogP contribution in [0, 0.1) is 5.41 Å². The van der Waals surface area contributed by atoms with E-state index in [1.807, 2.05) is 0 Å². The van der Waals surface area contributed by atoms with Crippen molar-refractivity contribution in [3.63, 3.8) is 0 Å². The van der Waals surface area contributed by atoms with Crippen LogP contribution in [0.3, 0.4) is 0 Å². The van der Waals surface area contributed by atoms with Gasteiger partial charge in [0, 0.05) is 37.8 Å². The normalized spacial score (nSPS) is 36.5. The zero-order chi connectivity index (χ0) is 14.8. The number of ether oxygens (including phenoxy) is 1. The van der Waals surface area contributed by atoms with Crippen LogP contribution >= 0.6 is 0 Å². The van der Waals surface area contributed by atoms with Crippen LogP contribution in [0.1, 0.15) is 60.3 Å². The lowest BCUT2D eigenvalue weighted by atomic mass is 9.81. The van der Waals surface area contributed by atoms with Crippen molar-refractivity contribution in [3.8, 4) is 0 Å². The first kappa shape index (κ1) is 16.3. The quantitative estimate of drug-likeness (QED) is 0.858. The van der Waals surface area contributed by atoms with Crippen LogP contribution in [0.4, 0.5) is 0 Å². The lowest BCUT2D eigenvalue weighted by molar-refractivity contribution is 0.00776. The second-order valence-corrected chi connectivity index (χ2v) is 8.02. The van der Waals surface area contributed by atoms with Gasteiger partial charge in [0.25, 0.3) is 0 Å². The zero-order valence-corrected chi connectivity index (χ0v) is 14.2. The van der Waals surface area contributed by atoms with Crippen LogP contribution in [-0.4, -0.2) is 48.8 Å². The molecule has 3 unspecified atom stereocenters. The SMILES string of the molecule is CCC1(C)CNC(C(C)(C)C)CN1CCC1CCCO1. The molecule has 0 spiro atoms. The highest BCUT2D eigenvalue weighted by Gasteiger charge is 2.39. The van der Waals surface area contributed by atoms with Crippen molar-refractivity contribution in [1.29, 1.82) is 0 Å². The van der Waals surface area contributed by atoms with Gasteiger partial charge in [-0.3, -0.25) is 4.90 Å². The molecule has 2 fully saturated rings. The molecule has 0 saturated carbocycles. The van der Waals surface area contributed by atoms with E-state index in [0.29, 0.717) is 23.1 Å². The molecule has 3 heteroatoms. The molecule has 0 amide bonds. The Hall–Kier alpha value is -0.120. The van der Waals surface area contributed by atoms with Crippen LogP contribution < -0.4 is 5.32 Å². The average molecular weight is 282 g/mol. The highest BCUT2D eigenvalue weighted by atomic mass is 16.5. The summed E-state index contributed by atoms with van der Waals surface area (Å²) in [5.41, 5.74) is 0.636. The maximum atomic E-state index is 5.80. The van der Waals surface area contributed by atoms with E-state index in [4.69, 9.17) is 4.74 Å². The largest absolute Gasteiger partial charge is 0.378 e. The predicted octanol–water partition coefficient (Wildman–Crippen LogP) is 3.04. The molecule has 2 aliphatic rings. The van der Waals surface area contributed by atoms with Gasteiger partial charge in [-0.1, -0.05) is 27.7 Å². The first-order valence-corrected chi connectivity index (χ1v) is 8.45. The standard InChI is InChI=1S/C17H34N2O/c1-6-17(5)13-18-15(16(2,3)4)12-19(17)10-9-14-8-7-11-20-14/h14-15,18H,6-13H2,1-5H3. The van der Waals surface area contributed by atoms with Crippen molar-refractivity contribution in [2.75, 3.05) is 26.2 Å². The number of hydrogen-bond donors (Lipinski definition) is 1. The Bertz CT molecular complexity index is 307. The molecule has 2 aliphatic heterocycles. The molecule has 1 N–H and O–H groups in total. The van der Waals surface area contributed by atoms with E-state index >= 15 is 0 Å². The zero-order valence-electron chi connectivity index (χ0n) is 14.2. The number of piperazine rings is 1. The minimum atomic E-state index is 0.306. The van der Waals surface area contributed by atoms with Crippen molar-refractivity contribution >= 4 is 0 Å². The lowest BCUT2D eigenvalue weighted by Crippen LogP contribution is -2.65. The van der Waals surface area contributed by atoms with Crippen molar-refractivity contribution < 1.29 is 4.74 Å². The smallest absolute Gasteiger partial charge is 0.0588 e. The molecule has 20 heavy (non-hydrogen) atoms. The Morgan fingerprint density at radius 1 is 1.35 bits per heavy atom.